The summed E-state index contributed by atoms with van der Waals surface area (Å²) in [7, 11) is 1.86. The van der Waals surface area contributed by atoms with E-state index in [0.717, 1.165) is 12.0 Å². The maximum atomic E-state index is 9.20. The van der Waals surface area contributed by atoms with Gasteiger partial charge < -0.3 is 14.9 Å². The third-order valence-corrected chi connectivity index (χ3v) is 2.62. The van der Waals surface area contributed by atoms with Crippen LogP contribution in [0.2, 0.25) is 0 Å². The molecule has 2 aromatic rings. The largest absolute Gasteiger partial charge is 0.508 e. The van der Waals surface area contributed by atoms with Crippen LogP contribution in [0.15, 0.2) is 28.8 Å². The fraction of sp³-hybridized carbons (Fsp3) is 0.333. The molecular weight excluding hydrogens is 218 g/mol. The zero-order valence-electron chi connectivity index (χ0n) is 9.84. The monoisotopic (exact) mass is 233 g/mol. The van der Waals surface area contributed by atoms with E-state index in [0.29, 0.717) is 11.7 Å². The molecule has 5 heteroatoms. The van der Waals surface area contributed by atoms with Crippen LogP contribution in [0.25, 0.3) is 11.4 Å². The van der Waals surface area contributed by atoms with E-state index < -0.39 is 0 Å². The van der Waals surface area contributed by atoms with Crippen LogP contribution in [0.4, 0.5) is 0 Å². The summed E-state index contributed by atoms with van der Waals surface area (Å²) >= 11 is 0. The number of hydrogen-bond acceptors (Lipinski definition) is 5. The van der Waals surface area contributed by atoms with Gasteiger partial charge in [-0.15, -0.1) is 0 Å². The van der Waals surface area contributed by atoms with Gasteiger partial charge in [-0.3, -0.25) is 0 Å². The van der Waals surface area contributed by atoms with Crippen LogP contribution >= 0.6 is 0 Å². The Balaban J connectivity index is 2.26. The first kappa shape index (κ1) is 11.6. The summed E-state index contributed by atoms with van der Waals surface area (Å²) in [6.07, 6.45) is 0.883. The highest BCUT2D eigenvalue weighted by Crippen LogP contribution is 2.21. The van der Waals surface area contributed by atoms with Gasteiger partial charge >= 0.3 is 0 Å². The highest BCUT2D eigenvalue weighted by Gasteiger charge is 2.15. The molecule has 2 N–H and O–H groups in total. The predicted molar refractivity (Wildman–Crippen MR) is 63.5 cm³/mol. The number of aromatic nitrogens is 2. The molecule has 17 heavy (non-hydrogen) atoms. The summed E-state index contributed by atoms with van der Waals surface area (Å²) in [5.74, 6) is 1.34. The smallest absolute Gasteiger partial charge is 0.244 e. The Labute approximate surface area is 99.5 Å². The molecule has 0 spiro atoms. The second-order valence-corrected chi connectivity index (χ2v) is 3.75. The first-order valence-electron chi connectivity index (χ1n) is 5.55. The lowest BCUT2D eigenvalue weighted by atomic mass is 10.2. The van der Waals surface area contributed by atoms with Crippen molar-refractivity contribution in [1.82, 2.24) is 15.5 Å². The molecule has 1 aromatic carbocycles. The van der Waals surface area contributed by atoms with Gasteiger partial charge in [0.15, 0.2) is 0 Å². The molecule has 0 aliphatic carbocycles. The number of hydrogen-bond donors (Lipinski definition) is 2. The molecule has 0 fully saturated rings. The van der Waals surface area contributed by atoms with Crippen molar-refractivity contribution in [2.75, 3.05) is 7.05 Å². The molecule has 0 saturated carbocycles. The molecule has 0 radical (unpaired) electrons. The Kier molecular flexibility index (Phi) is 3.39. The second kappa shape index (κ2) is 4.97. The lowest BCUT2D eigenvalue weighted by Gasteiger charge is -2.06. The van der Waals surface area contributed by atoms with Crippen LogP contribution in [0.3, 0.4) is 0 Å². The first-order valence-corrected chi connectivity index (χ1v) is 5.55. The fourth-order valence-electron chi connectivity index (χ4n) is 1.61. The van der Waals surface area contributed by atoms with Crippen LogP contribution in [-0.2, 0) is 0 Å². The summed E-state index contributed by atoms with van der Waals surface area (Å²) in [5, 5.41) is 16.2. The topological polar surface area (TPSA) is 71.2 Å². The molecule has 1 aromatic heterocycles. The molecule has 0 aliphatic rings. The Morgan fingerprint density at radius 1 is 1.35 bits per heavy atom. The molecule has 0 amide bonds. The third kappa shape index (κ3) is 2.45. The van der Waals surface area contributed by atoms with E-state index in [-0.39, 0.29) is 11.8 Å². The van der Waals surface area contributed by atoms with Crippen molar-refractivity contribution in [3.63, 3.8) is 0 Å². The van der Waals surface area contributed by atoms with Crippen molar-refractivity contribution < 1.29 is 9.63 Å². The minimum atomic E-state index is 0.0772. The van der Waals surface area contributed by atoms with Gasteiger partial charge in [0.2, 0.25) is 11.7 Å². The maximum Gasteiger partial charge on any atom is 0.244 e. The van der Waals surface area contributed by atoms with Crippen molar-refractivity contribution >= 4 is 0 Å². The summed E-state index contributed by atoms with van der Waals surface area (Å²) < 4.78 is 5.21. The van der Waals surface area contributed by atoms with Crippen LogP contribution in [0.1, 0.15) is 25.3 Å². The molecule has 1 atom stereocenters. The highest BCUT2D eigenvalue weighted by molar-refractivity contribution is 5.55. The molecule has 0 aliphatic heterocycles. The number of nitrogens with zero attached hydrogens (tertiary/aromatic N) is 2. The van der Waals surface area contributed by atoms with Gasteiger partial charge in [-0.05, 0) is 37.7 Å². The van der Waals surface area contributed by atoms with Gasteiger partial charge in [0.1, 0.15) is 5.75 Å². The summed E-state index contributed by atoms with van der Waals surface area (Å²) in [6, 6.07) is 6.78. The lowest BCUT2D eigenvalue weighted by Crippen LogP contribution is -2.15. The Morgan fingerprint density at radius 3 is 2.65 bits per heavy atom. The van der Waals surface area contributed by atoms with Crippen molar-refractivity contribution in [3.05, 3.63) is 30.2 Å². The van der Waals surface area contributed by atoms with Gasteiger partial charge in [0, 0.05) is 5.56 Å². The molecule has 0 saturated heterocycles. The molecule has 1 heterocycles. The number of aromatic hydroxyl groups is 1. The maximum absolute atomic E-state index is 9.20. The molecule has 2 rings (SSSR count). The third-order valence-electron chi connectivity index (χ3n) is 2.62. The van der Waals surface area contributed by atoms with E-state index in [2.05, 4.69) is 15.5 Å². The van der Waals surface area contributed by atoms with Crippen LogP contribution < -0.4 is 5.32 Å². The predicted octanol–water partition coefficient (Wildman–Crippen LogP) is 2.11. The van der Waals surface area contributed by atoms with E-state index in [4.69, 9.17) is 4.52 Å². The number of phenolic OH excluding ortho intramolecular Hbond substituents is 1. The average Bonchev–Trinajstić information content (AvgIpc) is 2.81. The Morgan fingerprint density at radius 2 is 2.06 bits per heavy atom. The highest BCUT2D eigenvalue weighted by atomic mass is 16.5. The van der Waals surface area contributed by atoms with E-state index in [9.17, 15) is 5.11 Å². The van der Waals surface area contributed by atoms with Crippen LogP contribution in [0, 0.1) is 0 Å². The summed E-state index contributed by atoms with van der Waals surface area (Å²) in [6.45, 7) is 2.05. The van der Waals surface area contributed by atoms with Gasteiger partial charge in [0.25, 0.3) is 0 Å². The minimum Gasteiger partial charge on any atom is -0.508 e. The number of benzene rings is 1. The first-order chi connectivity index (χ1) is 8.24. The van der Waals surface area contributed by atoms with Gasteiger partial charge in [-0.1, -0.05) is 12.1 Å². The Bertz CT molecular complexity index is 475. The molecule has 1 unspecified atom stereocenters. The summed E-state index contributed by atoms with van der Waals surface area (Å²) in [4.78, 5) is 4.33. The number of rotatable bonds is 4. The summed E-state index contributed by atoms with van der Waals surface area (Å²) in [5.41, 5.74) is 0.823. The second-order valence-electron chi connectivity index (χ2n) is 3.75. The lowest BCUT2D eigenvalue weighted by molar-refractivity contribution is 0.334. The van der Waals surface area contributed by atoms with E-state index in [1.807, 2.05) is 14.0 Å². The number of nitrogens with one attached hydrogen (secondary N) is 1. The zero-order chi connectivity index (χ0) is 12.3. The minimum absolute atomic E-state index is 0.0772. The molecule has 5 nitrogen and oxygen atoms in total. The van der Waals surface area contributed by atoms with Crippen LogP contribution in [0.5, 0.6) is 5.75 Å². The molecular formula is C12H15N3O2. The van der Waals surface area contributed by atoms with Crippen molar-refractivity contribution in [1.29, 1.82) is 0 Å². The van der Waals surface area contributed by atoms with Gasteiger partial charge in [0.05, 0.1) is 6.04 Å². The fourth-order valence-corrected chi connectivity index (χ4v) is 1.61. The molecule has 0 bridgehead atoms. The normalized spacial score (nSPS) is 12.6. The quantitative estimate of drug-likeness (QED) is 0.846. The van der Waals surface area contributed by atoms with Crippen molar-refractivity contribution in [2.45, 2.75) is 19.4 Å². The van der Waals surface area contributed by atoms with E-state index >= 15 is 0 Å². The van der Waals surface area contributed by atoms with E-state index in [1.165, 1.54) is 0 Å². The van der Waals surface area contributed by atoms with Gasteiger partial charge in [-0.25, -0.2) is 0 Å². The molecule has 90 valence electrons. The Hall–Kier alpha value is -1.88. The number of phenols is 1. The zero-order valence-corrected chi connectivity index (χ0v) is 9.84. The van der Waals surface area contributed by atoms with Gasteiger partial charge in [-0.2, -0.15) is 4.98 Å². The van der Waals surface area contributed by atoms with Crippen LogP contribution in [-0.4, -0.2) is 22.3 Å². The average molecular weight is 233 g/mol. The van der Waals surface area contributed by atoms with Crippen molar-refractivity contribution in [3.8, 4) is 17.1 Å². The van der Waals surface area contributed by atoms with E-state index in [1.54, 1.807) is 24.3 Å². The van der Waals surface area contributed by atoms with Crippen molar-refractivity contribution in [2.24, 2.45) is 0 Å². The standard InChI is InChI=1S/C12H15N3O2/c1-3-10(13-2)12-14-11(15-17-12)8-4-6-9(16)7-5-8/h4-7,10,13,16H,3H2,1-2H3. The SMILES string of the molecule is CCC(NC)c1nc(-c2ccc(O)cc2)no1.